The lowest BCUT2D eigenvalue weighted by atomic mass is 9.90. The molecule has 0 amide bonds. The van der Waals surface area contributed by atoms with Gasteiger partial charge in [0, 0.05) is 12.8 Å². The van der Waals surface area contributed by atoms with Gasteiger partial charge < -0.3 is 10.1 Å². The van der Waals surface area contributed by atoms with Crippen LogP contribution in [0.5, 0.6) is 0 Å². The molecular formula is C16H23NO. The van der Waals surface area contributed by atoms with Gasteiger partial charge in [-0.25, -0.2) is 0 Å². The van der Waals surface area contributed by atoms with Gasteiger partial charge in [0.1, 0.15) is 0 Å². The fourth-order valence-corrected chi connectivity index (χ4v) is 3.09. The van der Waals surface area contributed by atoms with Gasteiger partial charge in [-0.2, -0.15) is 0 Å². The lowest BCUT2D eigenvalue weighted by molar-refractivity contribution is 0.179. The summed E-state index contributed by atoms with van der Waals surface area (Å²) >= 11 is 0. The Labute approximate surface area is 110 Å². The molecule has 0 spiro atoms. The molecule has 0 radical (unpaired) electrons. The van der Waals surface area contributed by atoms with Gasteiger partial charge in [0.2, 0.25) is 0 Å². The molecule has 2 aliphatic rings. The monoisotopic (exact) mass is 245 g/mol. The molecule has 2 heteroatoms. The van der Waals surface area contributed by atoms with E-state index in [1.54, 1.807) is 18.2 Å². The summed E-state index contributed by atoms with van der Waals surface area (Å²) in [4.78, 5) is 0. The Hall–Kier alpha value is -1.02. The number of fused-ring (bicyclic) bond motifs is 1. The van der Waals surface area contributed by atoms with E-state index >= 15 is 0 Å². The van der Waals surface area contributed by atoms with E-state index < -0.39 is 0 Å². The Balaban J connectivity index is 1.78. The van der Waals surface area contributed by atoms with E-state index in [2.05, 4.69) is 23.5 Å². The third-order valence-electron chi connectivity index (χ3n) is 4.27. The van der Waals surface area contributed by atoms with Gasteiger partial charge in [-0.1, -0.05) is 12.1 Å². The van der Waals surface area contributed by atoms with E-state index in [9.17, 15) is 0 Å². The molecule has 18 heavy (non-hydrogen) atoms. The van der Waals surface area contributed by atoms with Gasteiger partial charge in [-0.3, -0.25) is 0 Å². The molecule has 3 rings (SSSR count). The fourth-order valence-electron chi connectivity index (χ4n) is 3.09. The van der Waals surface area contributed by atoms with Crippen molar-refractivity contribution < 1.29 is 4.74 Å². The summed E-state index contributed by atoms with van der Waals surface area (Å²) < 4.78 is 5.36. The van der Waals surface area contributed by atoms with E-state index in [0.717, 1.165) is 12.5 Å². The average Bonchev–Trinajstić information content (AvgIpc) is 3.23. The maximum atomic E-state index is 5.36. The number of anilines is 1. The highest BCUT2D eigenvalue weighted by Gasteiger charge is 2.31. The molecule has 1 fully saturated rings. The number of nitrogens with one attached hydrogen (secondary N) is 1. The summed E-state index contributed by atoms with van der Waals surface area (Å²) in [5.74, 6) is 0.824. The molecule has 2 nitrogen and oxygen atoms in total. The molecule has 1 atom stereocenters. The van der Waals surface area contributed by atoms with Crippen LogP contribution in [0, 0.1) is 5.92 Å². The van der Waals surface area contributed by atoms with Crippen LogP contribution in [-0.2, 0) is 17.6 Å². The highest BCUT2D eigenvalue weighted by atomic mass is 16.5. The number of benzene rings is 1. The molecule has 0 aromatic heterocycles. The van der Waals surface area contributed by atoms with Gasteiger partial charge in [-0.15, -0.1) is 0 Å². The van der Waals surface area contributed by atoms with Gasteiger partial charge in [0.15, 0.2) is 0 Å². The quantitative estimate of drug-likeness (QED) is 0.858. The van der Waals surface area contributed by atoms with Crippen molar-refractivity contribution in [3.63, 3.8) is 0 Å². The van der Waals surface area contributed by atoms with Crippen LogP contribution >= 0.6 is 0 Å². The third-order valence-corrected chi connectivity index (χ3v) is 4.27. The van der Waals surface area contributed by atoms with E-state index in [4.69, 9.17) is 4.74 Å². The summed E-state index contributed by atoms with van der Waals surface area (Å²) in [6, 6.07) is 7.24. The molecule has 1 unspecified atom stereocenters. The second-order valence-electron chi connectivity index (χ2n) is 5.69. The zero-order valence-electron chi connectivity index (χ0n) is 11.2. The van der Waals surface area contributed by atoms with E-state index in [-0.39, 0.29) is 0 Å². The first-order valence-electron chi connectivity index (χ1n) is 7.24. The van der Waals surface area contributed by atoms with Crippen molar-refractivity contribution in [2.45, 2.75) is 44.6 Å². The number of aryl methyl sites for hydroxylation is 1. The maximum Gasteiger partial charge on any atom is 0.0666 e. The Morgan fingerprint density at radius 3 is 2.89 bits per heavy atom. The number of methoxy groups -OCH3 is 1. The van der Waals surface area contributed by atoms with E-state index in [0.29, 0.717) is 6.04 Å². The molecule has 0 saturated heterocycles. The second-order valence-corrected chi connectivity index (χ2v) is 5.69. The molecule has 1 aromatic carbocycles. The number of ether oxygens (including phenoxy) is 1. The average molecular weight is 245 g/mol. The Morgan fingerprint density at radius 2 is 2.11 bits per heavy atom. The molecule has 1 saturated carbocycles. The van der Waals surface area contributed by atoms with Crippen LogP contribution in [0.25, 0.3) is 0 Å². The molecular weight excluding hydrogens is 222 g/mol. The minimum absolute atomic E-state index is 0.503. The Bertz CT molecular complexity index is 412. The second kappa shape index (κ2) is 5.31. The van der Waals surface area contributed by atoms with Crippen LogP contribution in [0.15, 0.2) is 18.2 Å². The van der Waals surface area contributed by atoms with Crippen LogP contribution in [0.4, 0.5) is 5.69 Å². The lowest BCUT2D eigenvalue weighted by Gasteiger charge is -2.24. The Morgan fingerprint density at radius 1 is 1.28 bits per heavy atom. The minimum Gasteiger partial charge on any atom is -0.383 e. The molecule has 1 aromatic rings. The van der Waals surface area contributed by atoms with E-state index in [1.807, 2.05) is 0 Å². The van der Waals surface area contributed by atoms with E-state index in [1.165, 1.54) is 44.2 Å². The van der Waals surface area contributed by atoms with Crippen LogP contribution in [0.2, 0.25) is 0 Å². The Kier molecular flexibility index (Phi) is 3.55. The fraction of sp³-hybridized carbons (Fsp3) is 0.625. The highest BCUT2D eigenvalue weighted by Crippen LogP contribution is 2.36. The lowest BCUT2D eigenvalue weighted by Crippen LogP contribution is -2.28. The van der Waals surface area contributed by atoms with Gasteiger partial charge >= 0.3 is 0 Å². The number of hydrogen-bond donors (Lipinski definition) is 1. The summed E-state index contributed by atoms with van der Waals surface area (Å²) in [7, 11) is 1.80. The topological polar surface area (TPSA) is 21.3 Å². The predicted molar refractivity (Wildman–Crippen MR) is 75.1 cm³/mol. The van der Waals surface area contributed by atoms with Crippen molar-refractivity contribution in [1.82, 2.24) is 0 Å². The van der Waals surface area contributed by atoms with Gasteiger partial charge in [-0.05, 0) is 61.6 Å². The molecule has 0 aliphatic heterocycles. The summed E-state index contributed by atoms with van der Waals surface area (Å²) in [5.41, 5.74) is 4.48. The smallest absolute Gasteiger partial charge is 0.0666 e. The first kappa shape index (κ1) is 12.0. The normalized spacial score (nSPS) is 20.3. The van der Waals surface area contributed by atoms with Crippen molar-refractivity contribution in [1.29, 1.82) is 0 Å². The summed E-state index contributed by atoms with van der Waals surface area (Å²) in [6.45, 7) is 0.828. The number of hydrogen-bond acceptors (Lipinski definition) is 2. The molecule has 1 N–H and O–H groups in total. The van der Waals surface area contributed by atoms with Crippen LogP contribution < -0.4 is 5.32 Å². The van der Waals surface area contributed by atoms with Crippen molar-refractivity contribution in [3.8, 4) is 0 Å². The molecule has 2 aliphatic carbocycles. The van der Waals surface area contributed by atoms with Crippen LogP contribution in [-0.4, -0.2) is 19.8 Å². The molecule has 0 heterocycles. The van der Waals surface area contributed by atoms with Gasteiger partial charge in [0.05, 0.1) is 12.6 Å². The molecule has 0 bridgehead atoms. The van der Waals surface area contributed by atoms with Gasteiger partial charge in [0.25, 0.3) is 0 Å². The summed E-state index contributed by atoms with van der Waals surface area (Å²) in [5, 5.41) is 3.74. The summed E-state index contributed by atoms with van der Waals surface area (Å²) in [6.07, 6.45) is 7.89. The maximum absolute atomic E-state index is 5.36. The van der Waals surface area contributed by atoms with Crippen LogP contribution in [0.1, 0.15) is 36.8 Å². The predicted octanol–water partition coefficient (Wildman–Crippen LogP) is 3.40. The van der Waals surface area contributed by atoms with Crippen molar-refractivity contribution in [2.75, 3.05) is 19.0 Å². The zero-order chi connectivity index (χ0) is 12.4. The zero-order valence-corrected chi connectivity index (χ0v) is 11.2. The largest absolute Gasteiger partial charge is 0.383 e. The first-order valence-corrected chi connectivity index (χ1v) is 7.24. The van der Waals surface area contributed by atoms with Crippen molar-refractivity contribution in [2.24, 2.45) is 5.92 Å². The van der Waals surface area contributed by atoms with Crippen LogP contribution in [0.3, 0.4) is 0 Å². The minimum atomic E-state index is 0.503. The van der Waals surface area contributed by atoms with Crippen molar-refractivity contribution in [3.05, 3.63) is 29.3 Å². The first-order chi connectivity index (χ1) is 8.88. The molecule has 98 valence electrons. The number of rotatable bonds is 5. The third kappa shape index (κ3) is 2.54. The standard InChI is InChI=1S/C16H23NO/c1-18-11-16(13-9-10-13)17-15-8-4-6-12-5-2-3-7-14(12)15/h4,6,8,13,16-17H,2-3,5,7,9-11H2,1H3. The van der Waals surface area contributed by atoms with Crippen molar-refractivity contribution >= 4 is 5.69 Å². The highest BCUT2D eigenvalue weighted by molar-refractivity contribution is 5.56. The SMILES string of the molecule is COCC(Nc1cccc2c1CCCC2)C1CC1.